The van der Waals surface area contributed by atoms with Gasteiger partial charge in [0, 0.05) is 5.57 Å². The Hall–Kier alpha value is -1.78. The second-order valence-corrected chi connectivity index (χ2v) is 16.0. The van der Waals surface area contributed by atoms with E-state index in [1.165, 1.54) is 14.2 Å². The summed E-state index contributed by atoms with van der Waals surface area (Å²) >= 11 is 0. The van der Waals surface area contributed by atoms with Gasteiger partial charge in [-0.05, 0) is 56.9 Å². The summed E-state index contributed by atoms with van der Waals surface area (Å²) in [6, 6.07) is 4.31. The minimum atomic E-state index is -2.19. The van der Waals surface area contributed by atoms with E-state index in [-0.39, 0.29) is 17.9 Å². The molecule has 146 valence electrons. The fraction of sp³-hybridized carbons (Fsp3) is 0.500. The van der Waals surface area contributed by atoms with Crippen LogP contribution in [0.1, 0.15) is 12.5 Å². The molecule has 0 heterocycles. The number of carbonyl (C=O) groups is 1. The third kappa shape index (κ3) is 6.51. The summed E-state index contributed by atoms with van der Waals surface area (Å²) < 4.78 is 22.2. The van der Waals surface area contributed by atoms with Crippen molar-refractivity contribution in [2.75, 3.05) is 20.4 Å². The third-order valence-electron chi connectivity index (χ3n) is 3.62. The first-order valence-electron chi connectivity index (χ1n) is 8.37. The highest BCUT2D eigenvalue weighted by molar-refractivity contribution is 6.84. The summed E-state index contributed by atoms with van der Waals surface area (Å²) in [5, 5.41) is 10.0. The zero-order valence-electron chi connectivity index (χ0n) is 16.8. The summed E-state index contributed by atoms with van der Waals surface area (Å²) in [5.74, 6) is 0.342. The molecular formula is C18H30O6Si2. The molecule has 1 N–H and O–H groups in total. The van der Waals surface area contributed by atoms with Crippen LogP contribution in [-0.2, 0) is 19.7 Å². The van der Waals surface area contributed by atoms with Gasteiger partial charge in [0.1, 0.15) is 6.23 Å². The number of aromatic hydroxyl groups is 1. The fourth-order valence-corrected chi connectivity index (χ4v) is 10.9. The van der Waals surface area contributed by atoms with Gasteiger partial charge in [0.15, 0.2) is 19.8 Å². The molecule has 0 unspecified atom stereocenters. The summed E-state index contributed by atoms with van der Waals surface area (Å²) in [6.07, 6.45) is 0.289. The van der Waals surface area contributed by atoms with E-state index in [0.29, 0.717) is 23.1 Å². The first kappa shape index (κ1) is 22.3. The van der Waals surface area contributed by atoms with E-state index in [2.05, 4.69) is 19.7 Å². The van der Waals surface area contributed by atoms with Crippen molar-refractivity contribution in [3.63, 3.8) is 0 Å². The summed E-state index contributed by atoms with van der Waals surface area (Å²) in [7, 11) is -1.30. The molecule has 0 aromatic heterocycles. The number of ether oxygens (including phenoxy) is 3. The Balaban J connectivity index is 2.88. The zero-order chi connectivity index (χ0) is 20.1. The van der Waals surface area contributed by atoms with Crippen molar-refractivity contribution in [3.05, 3.63) is 29.8 Å². The lowest BCUT2D eigenvalue weighted by atomic mass is 10.2. The molecule has 6 nitrogen and oxygen atoms in total. The van der Waals surface area contributed by atoms with Crippen LogP contribution in [0.5, 0.6) is 17.2 Å². The molecule has 1 aromatic rings. The number of benzene rings is 1. The molecule has 0 aliphatic rings. The average molecular weight is 399 g/mol. The van der Waals surface area contributed by atoms with E-state index in [1.807, 2.05) is 13.1 Å². The van der Waals surface area contributed by atoms with Crippen LogP contribution in [0.4, 0.5) is 0 Å². The second-order valence-electron chi connectivity index (χ2n) is 7.50. The maximum absolute atomic E-state index is 11.6. The number of hydrogen-bond acceptors (Lipinski definition) is 6. The van der Waals surface area contributed by atoms with Gasteiger partial charge in [-0.2, -0.15) is 0 Å². The Morgan fingerprint density at radius 2 is 1.58 bits per heavy atom. The highest BCUT2D eigenvalue weighted by Crippen LogP contribution is 2.38. The number of rotatable bonds is 9. The van der Waals surface area contributed by atoms with Crippen molar-refractivity contribution in [1.82, 2.24) is 0 Å². The lowest BCUT2D eigenvalue weighted by Crippen LogP contribution is -2.49. The smallest absolute Gasteiger partial charge is 0.332 e. The molecule has 0 radical (unpaired) electrons. The molecule has 0 saturated heterocycles. The molecule has 0 atom stereocenters. The number of phenols is 1. The van der Waals surface area contributed by atoms with E-state index in [1.54, 1.807) is 19.1 Å². The Morgan fingerprint density at radius 1 is 1.08 bits per heavy atom. The average Bonchev–Trinajstić information content (AvgIpc) is 2.52. The molecule has 1 rings (SSSR count). The van der Waals surface area contributed by atoms with Crippen molar-refractivity contribution in [2.45, 2.75) is 39.2 Å². The minimum Gasteiger partial charge on any atom is -0.502 e. The molecule has 0 aliphatic carbocycles. The second kappa shape index (κ2) is 8.74. The number of esters is 1. The number of phenolic OH excluding ortho intramolecular Hbond substituents is 1. The summed E-state index contributed by atoms with van der Waals surface area (Å²) in [5.41, 5.74) is 1.35. The van der Waals surface area contributed by atoms with Gasteiger partial charge < -0.3 is 23.4 Å². The number of methoxy groups -OCH3 is 2. The van der Waals surface area contributed by atoms with Gasteiger partial charge in [0.25, 0.3) is 0 Å². The van der Waals surface area contributed by atoms with E-state index >= 15 is 0 Å². The van der Waals surface area contributed by atoms with E-state index in [4.69, 9.17) is 18.3 Å². The van der Waals surface area contributed by atoms with Crippen LogP contribution in [0.15, 0.2) is 24.3 Å². The van der Waals surface area contributed by atoms with Crippen LogP contribution in [-0.4, -0.2) is 48.2 Å². The van der Waals surface area contributed by atoms with Gasteiger partial charge in [-0.15, -0.1) is 0 Å². The van der Waals surface area contributed by atoms with Crippen molar-refractivity contribution >= 4 is 22.6 Å². The fourth-order valence-electron chi connectivity index (χ4n) is 2.72. The molecule has 0 spiro atoms. The standard InChI is InChI=1S/C18H30O6Si2/c1-13(2)18(20)23-12-26(7,8)24-25(5,6)11-14-9-15(21-3)17(19)16(10-14)22-4/h9-10,19H,1,11-12H2,2-8H3. The Kier molecular flexibility index (Phi) is 7.49. The van der Waals surface area contributed by atoms with Gasteiger partial charge in [0.2, 0.25) is 14.1 Å². The van der Waals surface area contributed by atoms with Crippen molar-refractivity contribution < 1.29 is 28.2 Å². The summed E-state index contributed by atoms with van der Waals surface area (Å²) in [4.78, 5) is 11.6. The van der Waals surface area contributed by atoms with Gasteiger partial charge >= 0.3 is 5.97 Å². The summed E-state index contributed by atoms with van der Waals surface area (Å²) in [6.45, 7) is 13.5. The molecule has 1 aromatic carbocycles. The molecule has 0 aliphatic heterocycles. The Bertz CT molecular complexity index is 645. The van der Waals surface area contributed by atoms with Gasteiger partial charge in [-0.1, -0.05) is 6.58 Å². The Labute approximate surface area is 158 Å². The molecule has 0 amide bonds. The maximum atomic E-state index is 11.6. The van der Waals surface area contributed by atoms with Crippen molar-refractivity contribution in [3.8, 4) is 17.2 Å². The van der Waals surface area contributed by atoms with Crippen LogP contribution < -0.4 is 9.47 Å². The first-order valence-corrected chi connectivity index (χ1v) is 14.6. The third-order valence-corrected chi connectivity index (χ3v) is 10.1. The minimum absolute atomic E-state index is 0.0134. The maximum Gasteiger partial charge on any atom is 0.332 e. The predicted molar refractivity (Wildman–Crippen MR) is 107 cm³/mol. The van der Waals surface area contributed by atoms with Gasteiger partial charge in [-0.3, -0.25) is 0 Å². The highest BCUT2D eigenvalue weighted by atomic mass is 28.4. The molecule has 26 heavy (non-hydrogen) atoms. The topological polar surface area (TPSA) is 74.2 Å². The van der Waals surface area contributed by atoms with Crippen molar-refractivity contribution in [1.29, 1.82) is 0 Å². The van der Waals surface area contributed by atoms with Crippen LogP contribution in [0.2, 0.25) is 26.2 Å². The van der Waals surface area contributed by atoms with Crippen LogP contribution in [0.25, 0.3) is 0 Å². The van der Waals surface area contributed by atoms with Crippen molar-refractivity contribution in [2.24, 2.45) is 0 Å². The van der Waals surface area contributed by atoms with E-state index in [9.17, 15) is 9.90 Å². The monoisotopic (exact) mass is 398 g/mol. The van der Waals surface area contributed by atoms with Gasteiger partial charge in [0.05, 0.1) is 14.2 Å². The van der Waals surface area contributed by atoms with E-state index < -0.39 is 16.6 Å². The van der Waals surface area contributed by atoms with Crippen LogP contribution in [0.3, 0.4) is 0 Å². The molecule has 8 heteroatoms. The quantitative estimate of drug-likeness (QED) is 0.389. The highest BCUT2D eigenvalue weighted by Gasteiger charge is 2.35. The molecule has 0 saturated carbocycles. The van der Waals surface area contributed by atoms with Crippen LogP contribution in [0, 0.1) is 0 Å². The number of hydrogen-bond donors (Lipinski definition) is 1. The lowest BCUT2D eigenvalue weighted by molar-refractivity contribution is -0.137. The van der Waals surface area contributed by atoms with E-state index in [0.717, 1.165) is 5.56 Å². The first-order chi connectivity index (χ1) is 11.9. The Morgan fingerprint density at radius 3 is 2.00 bits per heavy atom. The largest absolute Gasteiger partial charge is 0.502 e. The zero-order valence-corrected chi connectivity index (χ0v) is 18.8. The molecular weight excluding hydrogens is 368 g/mol. The SMILES string of the molecule is C=C(C)C(=O)OC[Si](C)(C)O[Si](C)(C)Cc1cc(OC)c(O)c(OC)c1. The van der Waals surface area contributed by atoms with Crippen LogP contribution >= 0.6 is 0 Å². The normalized spacial score (nSPS) is 11.8. The lowest BCUT2D eigenvalue weighted by Gasteiger charge is -2.33. The predicted octanol–water partition coefficient (Wildman–Crippen LogP) is 3.58. The van der Waals surface area contributed by atoms with Gasteiger partial charge in [-0.25, -0.2) is 4.79 Å². The molecule has 0 fully saturated rings. The molecule has 0 bridgehead atoms. The number of carbonyl (C=O) groups excluding carboxylic acids is 1.